The van der Waals surface area contributed by atoms with Crippen LogP contribution >= 0.6 is 12.2 Å². The van der Waals surface area contributed by atoms with Crippen molar-refractivity contribution in [1.82, 2.24) is 0 Å². The molecule has 3 rings (SSSR count). The molecular weight excluding hydrogens is 314 g/mol. The molecule has 0 aliphatic heterocycles. The number of nitrogens with one attached hydrogen (secondary N) is 3. The molecule has 24 heavy (non-hydrogen) atoms. The van der Waals surface area contributed by atoms with Gasteiger partial charge in [0.15, 0.2) is 5.11 Å². The van der Waals surface area contributed by atoms with Gasteiger partial charge in [0, 0.05) is 22.7 Å². The highest BCUT2D eigenvalue weighted by Gasteiger charge is 2.00. The zero-order valence-corrected chi connectivity index (χ0v) is 14.2. The summed E-state index contributed by atoms with van der Waals surface area (Å²) in [6.45, 7) is 2.06. The molecule has 4 heteroatoms. The van der Waals surface area contributed by atoms with Gasteiger partial charge in [-0.15, -0.1) is 0 Å². The van der Waals surface area contributed by atoms with Gasteiger partial charge in [-0.3, -0.25) is 0 Å². The van der Waals surface area contributed by atoms with Gasteiger partial charge in [0.05, 0.1) is 0 Å². The SMILES string of the molecule is Cc1cccc(NC(=S)Nc2ccc(Nc3ccccc3)cc2)c1. The molecule has 0 bridgehead atoms. The molecule has 0 saturated heterocycles. The molecule has 0 atom stereocenters. The van der Waals surface area contributed by atoms with Crippen LogP contribution in [0.5, 0.6) is 0 Å². The topological polar surface area (TPSA) is 36.1 Å². The van der Waals surface area contributed by atoms with Crippen LogP contribution in [0.3, 0.4) is 0 Å². The van der Waals surface area contributed by atoms with Crippen LogP contribution in [-0.4, -0.2) is 5.11 Å². The first-order valence-electron chi connectivity index (χ1n) is 7.76. The van der Waals surface area contributed by atoms with Gasteiger partial charge in [0.25, 0.3) is 0 Å². The van der Waals surface area contributed by atoms with E-state index in [0.29, 0.717) is 5.11 Å². The molecule has 0 heterocycles. The minimum Gasteiger partial charge on any atom is -0.356 e. The van der Waals surface area contributed by atoms with E-state index in [2.05, 4.69) is 35.0 Å². The number of aryl methyl sites for hydroxylation is 1. The first-order chi connectivity index (χ1) is 11.7. The van der Waals surface area contributed by atoms with E-state index in [4.69, 9.17) is 12.2 Å². The van der Waals surface area contributed by atoms with Crippen molar-refractivity contribution in [3.05, 3.63) is 84.4 Å². The van der Waals surface area contributed by atoms with Crippen molar-refractivity contribution >= 4 is 40.1 Å². The van der Waals surface area contributed by atoms with Crippen LogP contribution in [0.15, 0.2) is 78.9 Å². The molecule has 0 spiro atoms. The molecule has 3 aromatic rings. The summed E-state index contributed by atoms with van der Waals surface area (Å²) >= 11 is 5.36. The Balaban J connectivity index is 1.58. The second-order valence-corrected chi connectivity index (χ2v) is 5.93. The van der Waals surface area contributed by atoms with E-state index in [-0.39, 0.29) is 0 Å². The Kier molecular flexibility index (Phi) is 5.08. The summed E-state index contributed by atoms with van der Waals surface area (Å²) in [5.74, 6) is 0. The quantitative estimate of drug-likeness (QED) is 0.547. The molecular formula is C20H19N3S. The van der Waals surface area contributed by atoms with Crippen molar-refractivity contribution in [3.63, 3.8) is 0 Å². The van der Waals surface area contributed by atoms with E-state index < -0.39 is 0 Å². The van der Waals surface area contributed by atoms with Gasteiger partial charge >= 0.3 is 0 Å². The highest BCUT2D eigenvalue weighted by molar-refractivity contribution is 7.80. The number of hydrogen-bond donors (Lipinski definition) is 3. The minimum atomic E-state index is 0.573. The van der Waals surface area contributed by atoms with Crippen molar-refractivity contribution in [3.8, 4) is 0 Å². The van der Waals surface area contributed by atoms with E-state index in [1.807, 2.05) is 66.7 Å². The summed E-state index contributed by atoms with van der Waals surface area (Å²) in [6.07, 6.45) is 0. The van der Waals surface area contributed by atoms with Gasteiger partial charge in [0.2, 0.25) is 0 Å². The number of rotatable bonds is 4. The maximum Gasteiger partial charge on any atom is 0.175 e. The Morgan fingerprint density at radius 1 is 0.667 bits per heavy atom. The van der Waals surface area contributed by atoms with Gasteiger partial charge < -0.3 is 16.0 Å². The number of para-hydroxylation sites is 1. The van der Waals surface area contributed by atoms with Crippen molar-refractivity contribution in [2.24, 2.45) is 0 Å². The van der Waals surface area contributed by atoms with E-state index >= 15 is 0 Å². The maximum atomic E-state index is 5.36. The monoisotopic (exact) mass is 333 g/mol. The number of thiocarbonyl (C=S) groups is 1. The summed E-state index contributed by atoms with van der Waals surface area (Å²) < 4.78 is 0. The second kappa shape index (κ2) is 7.62. The molecule has 120 valence electrons. The lowest BCUT2D eigenvalue weighted by atomic mass is 10.2. The molecule has 0 aromatic heterocycles. The smallest absolute Gasteiger partial charge is 0.175 e. The molecule has 0 saturated carbocycles. The average Bonchev–Trinajstić information content (AvgIpc) is 2.57. The van der Waals surface area contributed by atoms with Crippen molar-refractivity contribution < 1.29 is 0 Å². The maximum absolute atomic E-state index is 5.36. The normalized spacial score (nSPS) is 10.0. The predicted octanol–water partition coefficient (Wildman–Crippen LogP) is 5.55. The van der Waals surface area contributed by atoms with E-state index in [9.17, 15) is 0 Å². The van der Waals surface area contributed by atoms with E-state index in [1.54, 1.807) is 0 Å². The Hall–Kier alpha value is -2.85. The summed E-state index contributed by atoms with van der Waals surface area (Å²) in [6, 6.07) is 26.2. The van der Waals surface area contributed by atoms with Crippen LogP contribution in [0.25, 0.3) is 0 Å². The summed E-state index contributed by atoms with van der Waals surface area (Å²) in [4.78, 5) is 0. The molecule has 0 aliphatic carbocycles. The fourth-order valence-corrected chi connectivity index (χ4v) is 2.58. The summed E-state index contributed by atoms with van der Waals surface area (Å²) in [5, 5.41) is 10.3. The second-order valence-electron chi connectivity index (χ2n) is 5.52. The van der Waals surface area contributed by atoms with Crippen LogP contribution in [0.1, 0.15) is 5.56 Å². The fraction of sp³-hybridized carbons (Fsp3) is 0.0500. The van der Waals surface area contributed by atoms with Gasteiger partial charge in [-0.25, -0.2) is 0 Å². The lowest BCUT2D eigenvalue weighted by molar-refractivity contribution is 1.46. The molecule has 0 fully saturated rings. The number of benzene rings is 3. The van der Waals surface area contributed by atoms with Crippen molar-refractivity contribution in [1.29, 1.82) is 0 Å². The van der Waals surface area contributed by atoms with Gasteiger partial charge in [-0.2, -0.15) is 0 Å². The third-order valence-corrected chi connectivity index (χ3v) is 3.69. The summed E-state index contributed by atoms with van der Waals surface area (Å²) in [5.41, 5.74) is 5.21. The lowest BCUT2D eigenvalue weighted by Crippen LogP contribution is -2.19. The van der Waals surface area contributed by atoms with Crippen LogP contribution in [-0.2, 0) is 0 Å². The van der Waals surface area contributed by atoms with Crippen LogP contribution in [0, 0.1) is 6.92 Å². The van der Waals surface area contributed by atoms with Crippen LogP contribution < -0.4 is 16.0 Å². The third kappa shape index (κ3) is 4.57. The largest absolute Gasteiger partial charge is 0.356 e. The number of hydrogen-bond acceptors (Lipinski definition) is 2. The lowest BCUT2D eigenvalue weighted by Gasteiger charge is -2.12. The highest BCUT2D eigenvalue weighted by atomic mass is 32.1. The Labute approximate surface area is 147 Å². The van der Waals surface area contributed by atoms with Crippen LogP contribution in [0.2, 0.25) is 0 Å². The third-order valence-electron chi connectivity index (χ3n) is 3.48. The molecule has 0 radical (unpaired) electrons. The molecule has 3 aromatic carbocycles. The van der Waals surface area contributed by atoms with Crippen LogP contribution in [0.4, 0.5) is 22.7 Å². The van der Waals surface area contributed by atoms with E-state index in [1.165, 1.54) is 5.56 Å². The molecule has 0 unspecified atom stereocenters. The van der Waals surface area contributed by atoms with Gasteiger partial charge in [-0.05, 0) is 73.2 Å². The Bertz CT molecular complexity index is 814. The highest BCUT2D eigenvalue weighted by Crippen LogP contribution is 2.19. The minimum absolute atomic E-state index is 0.573. The first kappa shape index (κ1) is 16.0. The average molecular weight is 333 g/mol. The fourth-order valence-electron chi connectivity index (χ4n) is 2.34. The zero-order chi connectivity index (χ0) is 16.8. The van der Waals surface area contributed by atoms with Crippen molar-refractivity contribution in [2.45, 2.75) is 6.92 Å². The van der Waals surface area contributed by atoms with E-state index in [0.717, 1.165) is 22.7 Å². The van der Waals surface area contributed by atoms with Gasteiger partial charge in [-0.1, -0.05) is 30.3 Å². The number of anilines is 4. The first-order valence-corrected chi connectivity index (χ1v) is 8.17. The molecule has 0 amide bonds. The molecule has 0 aliphatic rings. The Morgan fingerprint density at radius 3 is 1.96 bits per heavy atom. The standard InChI is InChI=1S/C20H19N3S/c1-15-6-5-9-19(14-15)23-20(24)22-18-12-10-17(11-13-18)21-16-7-3-2-4-8-16/h2-14,21H,1H3,(H2,22,23,24). The molecule has 3 nitrogen and oxygen atoms in total. The Morgan fingerprint density at radius 2 is 1.25 bits per heavy atom. The van der Waals surface area contributed by atoms with Crippen molar-refractivity contribution in [2.75, 3.05) is 16.0 Å². The predicted molar refractivity (Wildman–Crippen MR) is 107 cm³/mol. The summed E-state index contributed by atoms with van der Waals surface area (Å²) in [7, 11) is 0. The van der Waals surface area contributed by atoms with Gasteiger partial charge in [0.1, 0.15) is 0 Å². The molecule has 3 N–H and O–H groups in total. The zero-order valence-electron chi connectivity index (χ0n) is 13.4.